The van der Waals surface area contributed by atoms with Crippen LogP contribution in [0.15, 0.2) is 24.4 Å². The summed E-state index contributed by atoms with van der Waals surface area (Å²) in [6.45, 7) is 1.99. The van der Waals surface area contributed by atoms with Crippen LogP contribution < -0.4 is 5.32 Å². The molecule has 2 nitrogen and oxygen atoms in total. The van der Waals surface area contributed by atoms with E-state index in [1.807, 2.05) is 18.3 Å². The summed E-state index contributed by atoms with van der Waals surface area (Å²) in [5, 5.41) is 3.36. The van der Waals surface area contributed by atoms with Gasteiger partial charge in [0.2, 0.25) is 0 Å². The third-order valence-corrected chi connectivity index (χ3v) is 2.76. The lowest BCUT2D eigenvalue weighted by Gasteiger charge is -2.03. The number of nitrogens with one attached hydrogen (secondary N) is 1. The van der Waals surface area contributed by atoms with Gasteiger partial charge in [0, 0.05) is 37.2 Å². The molecule has 80 valence electrons. The standard InChI is InChI=1S/C12H16N2S/c1-2-10-15-11-9-13-8-6-12-5-3-4-7-14-12/h1,3-5,7,13H,6,8-11H2. The Morgan fingerprint density at radius 3 is 3.07 bits per heavy atom. The van der Waals surface area contributed by atoms with E-state index in [2.05, 4.69) is 22.3 Å². The number of terminal acetylenes is 1. The fourth-order valence-corrected chi connectivity index (χ4v) is 1.71. The Morgan fingerprint density at radius 2 is 2.33 bits per heavy atom. The molecule has 1 aromatic rings. The number of rotatable bonds is 7. The maximum absolute atomic E-state index is 5.15. The van der Waals surface area contributed by atoms with Gasteiger partial charge in [0.1, 0.15) is 0 Å². The lowest BCUT2D eigenvalue weighted by atomic mass is 10.3. The first-order chi connectivity index (χ1) is 7.43. The summed E-state index contributed by atoms with van der Waals surface area (Å²) in [5.74, 6) is 4.49. The Morgan fingerprint density at radius 1 is 1.40 bits per heavy atom. The van der Waals surface area contributed by atoms with Crippen molar-refractivity contribution in [3.05, 3.63) is 30.1 Å². The van der Waals surface area contributed by atoms with Gasteiger partial charge in [-0.2, -0.15) is 0 Å². The summed E-state index contributed by atoms with van der Waals surface area (Å²) in [4.78, 5) is 4.25. The second kappa shape index (κ2) is 8.34. The first-order valence-electron chi connectivity index (χ1n) is 5.05. The molecular weight excluding hydrogens is 204 g/mol. The zero-order chi connectivity index (χ0) is 10.8. The van der Waals surface area contributed by atoms with Gasteiger partial charge in [-0.1, -0.05) is 12.0 Å². The summed E-state index contributed by atoms with van der Waals surface area (Å²) in [5.41, 5.74) is 1.14. The van der Waals surface area contributed by atoms with Crippen molar-refractivity contribution in [2.45, 2.75) is 6.42 Å². The molecule has 3 heteroatoms. The average molecular weight is 220 g/mol. The molecule has 0 aliphatic carbocycles. The quantitative estimate of drug-likeness (QED) is 0.558. The van der Waals surface area contributed by atoms with Crippen molar-refractivity contribution >= 4 is 11.8 Å². The molecule has 0 aliphatic heterocycles. The summed E-state index contributed by atoms with van der Waals surface area (Å²) in [7, 11) is 0. The molecule has 0 amide bonds. The van der Waals surface area contributed by atoms with Gasteiger partial charge in [-0.15, -0.1) is 18.2 Å². The fraction of sp³-hybridized carbons (Fsp3) is 0.417. The van der Waals surface area contributed by atoms with Crippen molar-refractivity contribution in [3.8, 4) is 12.3 Å². The van der Waals surface area contributed by atoms with Gasteiger partial charge in [0.05, 0.1) is 5.75 Å². The van der Waals surface area contributed by atoms with Crippen molar-refractivity contribution in [3.63, 3.8) is 0 Å². The number of aromatic nitrogens is 1. The highest BCUT2D eigenvalue weighted by Crippen LogP contribution is 1.96. The van der Waals surface area contributed by atoms with E-state index < -0.39 is 0 Å². The Kier molecular flexibility index (Phi) is 6.72. The van der Waals surface area contributed by atoms with Crippen LogP contribution >= 0.6 is 11.8 Å². The molecule has 0 aromatic carbocycles. The number of hydrogen-bond donors (Lipinski definition) is 1. The summed E-state index contributed by atoms with van der Waals surface area (Å²) in [6.07, 6.45) is 7.96. The Hall–Kier alpha value is -0.980. The molecule has 1 rings (SSSR count). The molecule has 0 saturated carbocycles. The average Bonchev–Trinajstić information content (AvgIpc) is 2.29. The van der Waals surface area contributed by atoms with E-state index in [0.29, 0.717) is 0 Å². The lowest BCUT2D eigenvalue weighted by Crippen LogP contribution is -2.20. The molecule has 15 heavy (non-hydrogen) atoms. The maximum atomic E-state index is 5.15. The van der Waals surface area contributed by atoms with Crippen molar-refractivity contribution in [2.75, 3.05) is 24.6 Å². The van der Waals surface area contributed by atoms with Gasteiger partial charge < -0.3 is 5.32 Å². The van der Waals surface area contributed by atoms with E-state index in [-0.39, 0.29) is 0 Å². The van der Waals surface area contributed by atoms with Crippen LogP contribution in [0.2, 0.25) is 0 Å². The predicted molar refractivity (Wildman–Crippen MR) is 67.0 cm³/mol. The number of hydrogen-bond acceptors (Lipinski definition) is 3. The van der Waals surface area contributed by atoms with E-state index in [4.69, 9.17) is 6.42 Å². The highest BCUT2D eigenvalue weighted by atomic mass is 32.2. The fourth-order valence-electron chi connectivity index (χ4n) is 1.16. The molecule has 0 radical (unpaired) electrons. The Bertz CT molecular complexity index is 292. The topological polar surface area (TPSA) is 24.9 Å². The smallest absolute Gasteiger partial charge is 0.0545 e. The first-order valence-corrected chi connectivity index (χ1v) is 6.21. The number of nitrogens with zero attached hydrogens (tertiary/aromatic N) is 1. The van der Waals surface area contributed by atoms with E-state index >= 15 is 0 Å². The minimum Gasteiger partial charge on any atom is -0.316 e. The van der Waals surface area contributed by atoms with Crippen molar-refractivity contribution in [1.29, 1.82) is 0 Å². The van der Waals surface area contributed by atoms with Crippen LogP contribution in [-0.2, 0) is 6.42 Å². The third kappa shape index (κ3) is 6.16. The molecule has 0 saturated heterocycles. The molecule has 0 fully saturated rings. The monoisotopic (exact) mass is 220 g/mol. The third-order valence-electron chi connectivity index (χ3n) is 1.89. The van der Waals surface area contributed by atoms with Crippen LogP contribution in [0.25, 0.3) is 0 Å². The van der Waals surface area contributed by atoms with Gasteiger partial charge >= 0.3 is 0 Å². The van der Waals surface area contributed by atoms with E-state index in [9.17, 15) is 0 Å². The van der Waals surface area contributed by atoms with Crippen molar-refractivity contribution < 1.29 is 0 Å². The second-order valence-corrected chi connectivity index (χ2v) is 4.18. The molecule has 1 aromatic heterocycles. The van der Waals surface area contributed by atoms with Crippen LogP contribution in [0.3, 0.4) is 0 Å². The van der Waals surface area contributed by atoms with Gasteiger partial charge in [0.15, 0.2) is 0 Å². The molecular formula is C12H16N2S. The van der Waals surface area contributed by atoms with Gasteiger partial charge in [-0.3, -0.25) is 4.98 Å². The summed E-state index contributed by atoms with van der Waals surface area (Å²) in [6, 6.07) is 6.01. The lowest BCUT2D eigenvalue weighted by molar-refractivity contribution is 0.712. The SMILES string of the molecule is C#CCSCCNCCc1ccccn1. The zero-order valence-corrected chi connectivity index (χ0v) is 9.59. The number of pyridine rings is 1. The molecule has 0 spiro atoms. The van der Waals surface area contributed by atoms with E-state index in [1.54, 1.807) is 11.8 Å². The second-order valence-electron chi connectivity index (χ2n) is 3.08. The minimum absolute atomic E-state index is 0.807. The van der Waals surface area contributed by atoms with E-state index in [0.717, 1.165) is 36.7 Å². The molecule has 0 aliphatic rings. The number of thioether (sulfide) groups is 1. The van der Waals surface area contributed by atoms with Crippen molar-refractivity contribution in [2.24, 2.45) is 0 Å². The van der Waals surface area contributed by atoms with Crippen LogP contribution in [0.1, 0.15) is 5.69 Å². The summed E-state index contributed by atoms with van der Waals surface area (Å²) >= 11 is 1.79. The van der Waals surface area contributed by atoms with Gasteiger partial charge in [0.25, 0.3) is 0 Å². The molecule has 1 heterocycles. The van der Waals surface area contributed by atoms with Crippen LogP contribution in [0.4, 0.5) is 0 Å². The van der Waals surface area contributed by atoms with Crippen LogP contribution in [0.5, 0.6) is 0 Å². The highest BCUT2D eigenvalue weighted by Gasteiger charge is 1.92. The molecule has 1 N–H and O–H groups in total. The Labute approximate surface area is 95.9 Å². The zero-order valence-electron chi connectivity index (χ0n) is 8.78. The Balaban J connectivity index is 1.96. The molecule has 0 unspecified atom stereocenters. The highest BCUT2D eigenvalue weighted by molar-refractivity contribution is 7.99. The maximum Gasteiger partial charge on any atom is 0.0545 e. The van der Waals surface area contributed by atoms with Crippen molar-refractivity contribution in [1.82, 2.24) is 10.3 Å². The van der Waals surface area contributed by atoms with Crippen LogP contribution in [0, 0.1) is 12.3 Å². The molecule has 0 atom stereocenters. The largest absolute Gasteiger partial charge is 0.316 e. The first kappa shape index (κ1) is 12.1. The minimum atomic E-state index is 0.807. The predicted octanol–water partition coefficient (Wildman–Crippen LogP) is 1.58. The normalized spacial score (nSPS) is 9.80. The van der Waals surface area contributed by atoms with Gasteiger partial charge in [-0.05, 0) is 12.1 Å². The molecule has 0 bridgehead atoms. The van der Waals surface area contributed by atoms with Gasteiger partial charge in [-0.25, -0.2) is 0 Å². The van der Waals surface area contributed by atoms with Crippen LogP contribution in [-0.4, -0.2) is 29.6 Å². The van der Waals surface area contributed by atoms with E-state index in [1.165, 1.54) is 0 Å². The summed E-state index contributed by atoms with van der Waals surface area (Å²) < 4.78 is 0.